The largest absolute Gasteiger partial charge is 0.448 e. The number of carbonyl (C=O) groups excluding carboxylic acids is 4. The molecule has 14 nitrogen and oxygen atoms in total. The van der Waals surface area contributed by atoms with Crippen molar-refractivity contribution in [3.8, 4) is 0 Å². The fourth-order valence-corrected chi connectivity index (χ4v) is 7.30. The third-order valence-corrected chi connectivity index (χ3v) is 9.35. The summed E-state index contributed by atoms with van der Waals surface area (Å²) in [6.45, 7) is 5.54. The molecule has 4 heterocycles. The Morgan fingerprint density at radius 1 is 1.09 bits per heavy atom. The molecule has 3 amide bonds. The number of esters is 1. The van der Waals surface area contributed by atoms with Crippen LogP contribution in [0.5, 0.6) is 0 Å². The third-order valence-electron chi connectivity index (χ3n) is 7.73. The van der Waals surface area contributed by atoms with E-state index in [1.165, 1.54) is 11.0 Å². The Labute approximate surface area is 272 Å². The lowest BCUT2D eigenvalue weighted by Gasteiger charge is -2.49. The number of ether oxygens (including phenoxy) is 2. The van der Waals surface area contributed by atoms with Crippen LogP contribution in [-0.2, 0) is 41.2 Å². The number of carbonyl (C=O) groups is 4. The molecule has 0 bridgehead atoms. The molecule has 2 fully saturated rings. The van der Waals surface area contributed by atoms with E-state index in [0.717, 1.165) is 4.90 Å². The van der Waals surface area contributed by atoms with Crippen molar-refractivity contribution < 1.29 is 32.9 Å². The van der Waals surface area contributed by atoms with Gasteiger partial charge in [0.05, 0.1) is 23.1 Å². The Morgan fingerprint density at radius 2 is 1.74 bits per heavy atom. The fourth-order valence-electron chi connectivity index (χ4n) is 5.67. The molecule has 3 aliphatic rings. The number of benzene rings is 2. The van der Waals surface area contributed by atoms with Crippen LogP contribution in [0.25, 0.3) is 0 Å². The number of H-pyrrole nitrogens is 1. The first-order valence-electron chi connectivity index (χ1n) is 15.0. The first-order chi connectivity index (χ1) is 22.5. The fraction of sp³-hybridized carbons (Fsp3) is 0.344. The minimum absolute atomic E-state index is 0.129. The second-order valence-electron chi connectivity index (χ2n) is 12.2. The molecule has 15 heteroatoms. The van der Waals surface area contributed by atoms with Crippen LogP contribution in [0.4, 0.5) is 4.79 Å². The van der Waals surface area contributed by atoms with Crippen molar-refractivity contribution in [3.63, 3.8) is 0 Å². The molecule has 0 spiro atoms. The molecule has 0 saturated carbocycles. The van der Waals surface area contributed by atoms with E-state index in [1.54, 1.807) is 20.8 Å². The number of likely N-dealkylation sites (tertiary alicyclic amines) is 1. The normalized spacial score (nSPS) is 22.0. The van der Waals surface area contributed by atoms with Crippen LogP contribution in [-0.4, -0.2) is 87.8 Å². The van der Waals surface area contributed by atoms with Gasteiger partial charge in [-0.3, -0.25) is 18.7 Å². The molecular weight excluding hydrogens is 626 g/mol. The average molecular weight is 660 g/mol. The summed E-state index contributed by atoms with van der Waals surface area (Å²) in [5, 5.41) is 15.2. The second kappa shape index (κ2) is 12.9. The first kappa shape index (κ1) is 31.8. The van der Waals surface area contributed by atoms with Gasteiger partial charge in [-0.05, 0) is 50.0 Å². The molecule has 1 aromatic heterocycles. The summed E-state index contributed by atoms with van der Waals surface area (Å²) < 4.78 is 25.1. The quantitative estimate of drug-likeness (QED) is 0.207. The van der Waals surface area contributed by atoms with Crippen LogP contribution in [0.2, 0.25) is 0 Å². The van der Waals surface area contributed by atoms with Gasteiger partial charge in [-0.1, -0.05) is 65.9 Å². The monoisotopic (exact) mass is 659 g/mol. The number of alkyl carbamates (subject to hydrolysis) is 1. The molecule has 3 atom stereocenters. The first-order valence-corrected chi connectivity index (χ1v) is 16.3. The van der Waals surface area contributed by atoms with Gasteiger partial charge in [0.2, 0.25) is 5.91 Å². The second-order valence-corrected chi connectivity index (χ2v) is 13.7. The Bertz CT molecular complexity index is 1730. The number of nitrogens with zero attached hydrogens (tertiary/aromatic N) is 5. The highest BCUT2D eigenvalue weighted by atomic mass is 32.2. The highest BCUT2D eigenvalue weighted by molar-refractivity contribution is 7.86. The van der Waals surface area contributed by atoms with E-state index < -0.39 is 51.9 Å². The van der Waals surface area contributed by atoms with E-state index in [4.69, 9.17) is 9.47 Å². The minimum Gasteiger partial charge on any atom is -0.448 e. The van der Waals surface area contributed by atoms with Gasteiger partial charge in [0, 0.05) is 12.1 Å². The number of allylic oxidation sites excluding steroid dienone is 1. The van der Waals surface area contributed by atoms with E-state index >= 15 is 0 Å². The Kier molecular flexibility index (Phi) is 8.73. The molecule has 2 saturated heterocycles. The lowest BCUT2D eigenvalue weighted by Crippen LogP contribution is -2.73. The number of aromatic nitrogens is 4. The van der Waals surface area contributed by atoms with Gasteiger partial charge < -0.3 is 19.7 Å². The zero-order valence-corrected chi connectivity index (χ0v) is 26.7. The summed E-state index contributed by atoms with van der Waals surface area (Å²) in [5.74, 6) is -1.62. The maximum atomic E-state index is 14.2. The molecule has 2 N–H and O–H groups in total. The Hall–Kier alpha value is -5.18. The molecule has 0 aliphatic carbocycles. The molecule has 3 aromatic rings. The number of hydrogen-bond donors (Lipinski definition) is 2. The van der Waals surface area contributed by atoms with Crippen molar-refractivity contribution in [3.05, 3.63) is 101 Å². The summed E-state index contributed by atoms with van der Waals surface area (Å²) in [4.78, 5) is 56.4. The highest BCUT2D eigenvalue weighted by Crippen LogP contribution is 2.38. The molecular formula is C32H33N7O7S. The van der Waals surface area contributed by atoms with Gasteiger partial charge >= 0.3 is 12.1 Å². The lowest BCUT2D eigenvalue weighted by molar-refractivity contribution is -0.153. The minimum atomic E-state index is -1.75. The maximum Gasteiger partial charge on any atom is 0.408 e. The van der Waals surface area contributed by atoms with E-state index in [2.05, 4.69) is 25.9 Å². The van der Waals surface area contributed by atoms with Crippen LogP contribution in [0.15, 0.2) is 83.6 Å². The van der Waals surface area contributed by atoms with Gasteiger partial charge in [-0.2, -0.15) is 5.21 Å². The van der Waals surface area contributed by atoms with E-state index in [0.29, 0.717) is 35.5 Å². The third kappa shape index (κ3) is 6.70. The summed E-state index contributed by atoms with van der Waals surface area (Å²) >= 11 is 0. The predicted octanol–water partition coefficient (Wildman–Crippen LogP) is 2.27. The van der Waals surface area contributed by atoms with Crippen LogP contribution < -0.4 is 5.32 Å². The number of fused-ring (bicyclic) bond motifs is 1. The number of tetrazole rings is 1. The smallest absolute Gasteiger partial charge is 0.408 e. The lowest BCUT2D eigenvalue weighted by atomic mass is 10.00. The van der Waals surface area contributed by atoms with Crippen molar-refractivity contribution in [2.24, 2.45) is 0 Å². The van der Waals surface area contributed by atoms with Crippen molar-refractivity contribution >= 4 is 34.7 Å². The topological polar surface area (TPSA) is 177 Å². The Morgan fingerprint density at radius 3 is 2.34 bits per heavy atom. The number of nitrogens with one attached hydrogen (secondary N) is 2. The van der Waals surface area contributed by atoms with Crippen LogP contribution >= 0.6 is 0 Å². The van der Waals surface area contributed by atoms with E-state index in [9.17, 15) is 23.4 Å². The van der Waals surface area contributed by atoms with Crippen LogP contribution in [0, 0.1) is 0 Å². The van der Waals surface area contributed by atoms with E-state index in [1.807, 2.05) is 60.7 Å². The zero-order valence-electron chi connectivity index (χ0n) is 25.9. The number of rotatable bonds is 8. The molecule has 6 rings (SSSR count). The van der Waals surface area contributed by atoms with Crippen LogP contribution in [0.1, 0.15) is 50.2 Å². The average Bonchev–Trinajstić information content (AvgIpc) is 3.68. The van der Waals surface area contributed by atoms with Gasteiger partial charge in [-0.25, -0.2) is 9.59 Å². The van der Waals surface area contributed by atoms with E-state index in [-0.39, 0.29) is 29.5 Å². The van der Waals surface area contributed by atoms with Crippen molar-refractivity contribution in [2.75, 3.05) is 12.3 Å². The van der Waals surface area contributed by atoms with Gasteiger partial charge in [0.1, 0.15) is 22.7 Å². The summed E-state index contributed by atoms with van der Waals surface area (Å²) in [6, 6.07) is 17.1. The summed E-state index contributed by atoms with van der Waals surface area (Å²) in [6.07, 6.45) is 0.180. The number of hydrogen-bond acceptors (Lipinski definition) is 10. The van der Waals surface area contributed by atoms with Crippen molar-refractivity contribution in [1.82, 2.24) is 35.7 Å². The standard InChI is InChI=1S/C32H33N7O7S/c1-32(2,3)46-31(43)33-24-28(41)39-25(30(42)45-26(19-10-6-4-7-11-19)20-12-8-5-9-13-20)22(18-47(44)29(24)39)16-21-14-15-38(27(21)40)17-23-34-36-37-35-23/h4-13,16,24,26,29H,14-15,17-18H2,1-3H3,(H,33,43)(H,34,35,36,37)/b21-16+/t24-,29-,47?/m1/s1. The SMILES string of the molecule is CC(C)(C)OC(=O)N[C@@H]1C(=O)N2C(C(=O)OC(c3ccccc3)c3ccccc3)=C(/C=C3\CCN(Cc4nn[nH]n4)C3=O)CS(=O)[C@H]12. The summed E-state index contributed by atoms with van der Waals surface area (Å²) in [7, 11) is -1.75. The Balaban J connectivity index is 1.35. The number of aromatic amines is 1. The number of amides is 3. The molecule has 3 aliphatic heterocycles. The summed E-state index contributed by atoms with van der Waals surface area (Å²) in [5.41, 5.74) is 1.03. The zero-order chi connectivity index (χ0) is 33.3. The molecule has 244 valence electrons. The van der Waals surface area contributed by atoms with Crippen molar-refractivity contribution in [1.29, 1.82) is 0 Å². The van der Waals surface area contributed by atoms with Gasteiger partial charge in [-0.15, -0.1) is 10.2 Å². The molecule has 2 aromatic carbocycles. The van der Waals surface area contributed by atoms with Crippen molar-refractivity contribution in [2.45, 2.75) is 56.9 Å². The predicted molar refractivity (Wildman–Crippen MR) is 167 cm³/mol. The molecule has 1 unspecified atom stereocenters. The number of β-lactam (4-membered cyclic amide) rings is 1. The van der Waals surface area contributed by atoms with Gasteiger partial charge in [0.15, 0.2) is 11.9 Å². The highest BCUT2D eigenvalue weighted by Gasteiger charge is 2.58. The molecule has 47 heavy (non-hydrogen) atoms. The van der Waals surface area contributed by atoms with Crippen LogP contribution in [0.3, 0.4) is 0 Å². The molecule has 0 radical (unpaired) electrons. The van der Waals surface area contributed by atoms with Gasteiger partial charge in [0.25, 0.3) is 5.91 Å². The maximum absolute atomic E-state index is 14.2.